The van der Waals surface area contributed by atoms with Gasteiger partial charge < -0.3 is 10.2 Å². The number of nitrogens with zero attached hydrogens (tertiary/aromatic N) is 2. The molecule has 1 N–H and O–H groups in total. The molecule has 0 bridgehead atoms. The summed E-state index contributed by atoms with van der Waals surface area (Å²) in [7, 11) is 0. The molecule has 2 unspecified atom stereocenters. The number of hydrogen-bond acceptors (Lipinski definition) is 3. The second-order valence-electron chi connectivity index (χ2n) is 5.80. The van der Waals surface area contributed by atoms with E-state index in [9.17, 15) is 4.79 Å². The molecule has 0 aromatic heterocycles. The first-order valence-corrected chi connectivity index (χ1v) is 7.45. The van der Waals surface area contributed by atoms with Crippen molar-refractivity contribution in [3.63, 3.8) is 0 Å². The quantitative estimate of drug-likeness (QED) is 0.813. The summed E-state index contributed by atoms with van der Waals surface area (Å²) in [5.74, 6) is 1.01. The van der Waals surface area contributed by atoms with Crippen LogP contribution < -0.4 is 5.32 Å². The van der Waals surface area contributed by atoms with Crippen molar-refractivity contribution in [2.45, 2.75) is 39.2 Å². The second kappa shape index (κ2) is 6.53. The topological polar surface area (TPSA) is 35.6 Å². The van der Waals surface area contributed by atoms with E-state index in [0.717, 1.165) is 39.1 Å². The number of nitrogens with one attached hydrogen (secondary N) is 1. The van der Waals surface area contributed by atoms with Crippen LogP contribution in [0.2, 0.25) is 0 Å². The van der Waals surface area contributed by atoms with Crippen LogP contribution in [0, 0.1) is 5.92 Å². The van der Waals surface area contributed by atoms with Crippen molar-refractivity contribution >= 4 is 5.91 Å². The minimum absolute atomic E-state index is 0.0754. The Bertz CT molecular complexity index is 274. The van der Waals surface area contributed by atoms with E-state index in [1.807, 2.05) is 0 Å². The molecule has 0 aromatic rings. The van der Waals surface area contributed by atoms with Gasteiger partial charge in [-0.3, -0.25) is 9.69 Å². The van der Waals surface area contributed by atoms with Gasteiger partial charge in [-0.25, -0.2) is 0 Å². The Balaban J connectivity index is 1.80. The molecule has 4 heteroatoms. The lowest BCUT2D eigenvalue weighted by atomic mass is 9.93. The maximum atomic E-state index is 12.4. The molecule has 104 valence electrons. The summed E-state index contributed by atoms with van der Waals surface area (Å²) in [5, 5.41) is 3.38. The molecule has 0 spiro atoms. The lowest BCUT2D eigenvalue weighted by molar-refractivity contribution is -0.136. The number of carbonyl (C=O) groups is 1. The molecular weight excluding hydrogens is 226 g/mol. The van der Waals surface area contributed by atoms with Gasteiger partial charge in [-0.1, -0.05) is 13.8 Å². The van der Waals surface area contributed by atoms with E-state index in [2.05, 4.69) is 29.0 Å². The van der Waals surface area contributed by atoms with Crippen LogP contribution >= 0.6 is 0 Å². The van der Waals surface area contributed by atoms with Gasteiger partial charge in [-0.15, -0.1) is 0 Å². The van der Waals surface area contributed by atoms with Crippen molar-refractivity contribution in [1.82, 2.24) is 15.1 Å². The lowest BCUT2D eigenvalue weighted by Gasteiger charge is -2.38. The molecule has 0 aliphatic carbocycles. The van der Waals surface area contributed by atoms with Gasteiger partial charge in [0.2, 0.25) is 5.91 Å². The van der Waals surface area contributed by atoms with Crippen LogP contribution in [-0.2, 0) is 4.79 Å². The molecule has 2 fully saturated rings. The average molecular weight is 253 g/mol. The molecule has 18 heavy (non-hydrogen) atoms. The van der Waals surface area contributed by atoms with Gasteiger partial charge in [0.1, 0.15) is 0 Å². The minimum atomic E-state index is 0.0754. The predicted molar refractivity (Wildman–Crippen MR) is 73.5 cm³/mol. The molecule has 2 rings (SSSR count). The van der Waals surface area contributed by atoms with Gasteiger partial charge in [-0.2, -0.15) is 0 Å². The minimum Gasteiger partial charge on any atom is -0.339 e. The zero-order valence-corrected chi connectivity index (χ0v) is 11.8. The number of rotatable bonds is 3. The highest BCUT2D eigenvalue weighted by Crippen LogP contribution is 2.17. The molecule has 2 aliphatic rings. The average Bonchev–Trinajstić information content (AvgIpc) is 2.39. The Morgan fingerprint density at radius 1 is 1.28 bits per heavy atom. The lowest BCUT2D eigenvalue weighted by Crippen LogP contribution is -2.55. The van der Waals surface area contributed by atoms with Crippen LogP contribution in [0.3, 0.4) is 0 Å². The fourth-order valence-electron chi connectivity index (χ4n) is 3.02. The predicted octanol–water partition coefficient (Wildman–Crippen LogP) is 0.929. The van der Waals surface area contributed by atoms with Crippen LogP contribution in [0.5, 0.6) is 0 Å². The monoisotopic (exact) mass is 253 g/mol. The number of amides is 1. The number of piperazine rings is 1. The van der Waals surface area contributed by atoms with Crippen LogP contribution in [0.25, 0.3) is 0 Å². The largest absolute Gasteiger partial charge is 0.339 e. The standard InChI is InChI=1S/C14H27N3O/c1-3-6-16-7-9-17(10-8-16)14(18)13-11-12(2)4-5-15-13/h12-13,15H,3-11H2,1-2H3. The molecule has 2 atom stereocenters. The molecular formula is C14H27N3O. The summed E-state index contributed by atoms with van der Waals surface area (Å²) in [6.45, 7) is 10.5. The summed E-state index contributed by atoms with van der Waals surface area (Å²) < 4.78 is 0. The smallest absolute Gasteiger partial charge is 0.239 e. The number of carbonyl (C=O) groups excluding carboxylic acids is 1. The summed E-state index contributed by atoms with van der Waals surface area (Å²) in [6, 6.07) is 0.0754. The fraction of sp³-hybridized carbons (Fsp3) is 0.929. The molecule has 0 saturated carbocycles. The van der Waals surface area contributed by atoms with Crippen LogP contribution in [-0.4, -0.2) is 61.0 Å². The van der Waals surface area contributed by atoms with Gasteiger partial charge >= 0.3 is 0 Å². The van der Waals surface area contributed by atoms with E-state index in [0.29, 0.717) is 11.8 Å². The maximum Gasteiger partial charge on any atom is 0.239 e. The zero-order chi connectivity index (χ0) is 13.0. The summed E-state index contributed by atoms with van der Waals surface area (Å²) in [5.41, 5.74) is 0. The molecule has 2 aliphatic heterocycles. The fourth-order valence-corrected chi connectivity index (χ4v) is 3.02. The third-order valence-electron chi connectivity index (χ3n) is 4.19. The summed E-state index contributed by atoms with van der Waals surface area (Å²) in [6.07, 6.45) is 3.41. The van der Waals surface area contributed by atoms with Crippen molar-refractivity contribution in [2.24, 2.45) is 5.92 Å². The molecule has 4 nitrogen and oxygen atoms in total. The van der Waals surface area contributed by atoms with E-state index >= 15 is 0 Å². The molecule has 2 heterocycles. The Labute approximate surface area is 111 Å². The van der Waals surface area contributed by atoms with Crippen molar-refractivity contribution in [1.29, 1.82) is 0 Å². The van der Waals surface area contributed by atoms with Gasteiger partial charge in [0.05, 0.1) is 6.04 Å². The molecule has 2 saturated heterocycles. The van der Waals surface area contributed by atoms with Crippen molar-refractivity contribution in [2.75, 3.05) is 39.3 Å². The van der Waals surface area contributed by atoms with Gasteiger partial charge in [0.15, 0.2) is 0 Å². The van der Waals surface area contributed by atoms with E-state index in [1.165, 1.54) is 19.4 Å². The summed E-state index contributed by atoms with van der Waals surface area (Å²) >= 11 is 0. The van der Waals surface area contributed by atoms with Gasteiger partial charge in [0, 0.05) is 26.2 Å². The summed E-state index contributed by atoms with van der Waals surface area (Å²) in [4.78, 5) is 16.9. The van der Waals surface area contributed by atoms with E-state index in [-0.39, 0.29) is 6.04 Å². The number of piperidine rings is 1. The second-order valence-corrected chi connectivity index (χ2v) is 5.80. The van der Waals surface area contributed by atoms with Crippen molar-refractivity contribution < 1.29 is 4.79 Å². The Kier molecular flexibility index (Phi) is 5.01. The first-order valence-electron chi connectivity index (χ1n) is 7.45. The first kappa shape index (κ1) is 13.8. The molecule has 0 aromatic carbocycles. The molecule has 0 radical (unpaired) electrons. The van der Waals surface area contributed by atoms with Crippen molar-refractivity contribution in [3.05, 3.63) is 0 Å². The number of hydrogen-bond donors (Lipinski definition) is 1. The van der Waals surface area contributed by atoms with Crippen molar-refractivity contribution in [3.8, 4) is 0 Å². The highest BCUT2D eigenvalue weighted by Gasteiger charge is 2.29. The van der Waals surface area contributed by atoms with E-state index < -0.39 is 0 Å². The van der Waals surface area contributed by atoms with Crippen LogP contribution in [0.4, 0.5) is 0 Å². The SMILES string of the molecule is CCCN1CCN(C(=O)C2CC(C)CCN2)CC1. The maximum absolute atomic E-state index is 12.4. The third kappa shape index (κ3) is 3.45. The van der Waals surface area contributed by atoms with E-state index in [1.54, 1.807) is 0 Å². The third-order valence-corrected chi connectivity index (χ3v) is 4.19. The van der Waals surface area contributed by atoms with Gasteiger partial charge in [-0.05, 0) is 38.3 Å². The molecule has 1 amide bonds. The van der Waals surface area contributed by atoms with E-state index in [4.69, 9.17) is 0 Å². The van der Waals surface area contributed by atoms with Crippen LogP contribution in [0.15, 0.2) is 0 Å². The van der Waals surface area contributed by atoms with Gasteiger partial charge in [0.25, 0.3) is 0 Å². The highest BCUT2D eigenvalue weighted by atomic mass is 16.2. The Morgan fingerprint density at radius 3 is 2.61 bits per heavy atom. The van der Waals surface area contributed by atoms with Crippen LogP contribution in [0.1, 0.15) is 33.1 Å². The Morgan fingerprint density at radius 2 is 2.00 bits per heavy atom. The first-order chi connectivity index (χ1) is 8.70. The highest BCUT2D eigenvalue weighted by molar-refractivity contribution is 5.82. The zero-order valence-electron chi connectivity index (χ0n) is 11.8. The normalized spacial score (nSPS) is 30.4. The Hall–Kier alpha value is -0.610.